The molecule has 0 aliphatic carbocycles. The predicted octanol–water partition coefficient (Wildman–Crippen LogP) is -0.201. The second-order valence-corrected chi connectivity index (χ2v) is 7.11. The Morgan fingerprint density at radius 1 is 1.17 bits per heavy atom. The number of ether oxygens (including phenoxy) is 1. The van der Waals surface area contributed by atoms with Gasteiger partial charge >= 0.3 is 0 Å². The van der Waals surface area contributed by atoms with Crippen LogP contribution in [0.5, 0.6) is 0 Å². The van der Waals surface area contributed by atoms with Crippen LogP contribution in [0.3, 0.4) is 0 Å². The summed E-state index contributed by atoms with van der Waals surface area (Å²) in [6.07, 6.45) is 3.91. The van der Waals surface area contributed by atoms with E-state index < -0.39 is 0 Å². The van der Waals surface area contributed by atoms with E-state index in [4.69, 9.17) is 10.5 Å². The van der Waals surface area contributed by atoms with Crippen molar-refractivity contribution in [3.05, 3.63) is 0 Å². The van der Waals surface area contributed by atoms with Gasteiger partial charge in [0, 0.05) is 26.2 Å². The normalized spacial score (nSPS) is 26.4. The number of nitrogens with one attached hydrogen (secondary N) is 1. The molecular formula is C17H32N4O3. The van der Waals surface area contributed by atoms with Gasteiger partial charge in [-0.2, -0.15) is 0 Å². The lowest BCUT2D eigenvalue weighted by Gasteiger charge is -2.37. The molecule has 2 amide bonds. The Morgan fingerprint density at radius 3 is 2.38 bits per heavy atom. The summed E-state index contributed by atoms with van der Waals surface area (Å²) in [4.78, 5) is 27.5. The molecule has 2 rings (SSSR count). The first-order valence-electron chi connectivity index (χ1n) is 9.10. The Hall–Kier alpha value is -1.18. The van der Waals surface area contributed by atoms with Gasteiger partial charge in [-0.3, -0.25) is 14.5 Å². The minimum absolute atomic E-state index is 0.00826. The molecule has 2 aliphatic heterocycles. The van der Waals surface area contributed by atoms with Gasteiger partial charge in [-0.25, -0.2) is 0 Å². The maximum atomic E-state index is 12.1. The number of hydrogen-bond donors (Lipinski definition) is 2. The number of amides is 2. The van der Waals surface area contributed by atoms with Crippen LogP contribution in [0.1, 0.15) is 33.1 Å². The van der Waals surface area contributed by atoms with Gasteiger partial charge in [0.2, 0.25) is 11.8 Å². The minimum Gasteiger partial charge on any atom is -0.373 e. The minimum atomic E-state index is -0.285. The molecule has 0 radical (unpaired) electrons. The number of morpholine rings is 1. The topological polar surface area (TPSA) is 87.9 Å². The molecule has 3 N–H and O–H groups in total. The van der Waals surface area contributed by atoms with Crippen molar-refractivity contribution in [1.82, 2.24) is 15.1 Å². The molecule has 0 bridgehead atoms. The van der Waals surface area contributed by atoms with E-state index in [2.05, 4.69) is 24.1 Å². The predicted molar refractivity (Wildman–Crippen MR) is 92.4 cm³/mol. The maximum absolute atomic E-state index is 12.1. The van der Waals surface area contributed by atoms with Crippen LogP contribution in [0.2, 0.25) is 0 Å². The second kappa shape index (κ2) is 9.34. The lowest BCUT2D eigenvalue weighted by atomic mass is 9.93. The van der Waals surface area contributed by atoms with Gasteiger partial charge in [-0.05, 0) is 45.6 Å². The summed E-state index contributed by atoms with van der Waals surface area (Å²) in [5, 5.41) is 2.54. The van der Waals surface area contributed by atoms with Crippen LogP contribution < -0.4 is 11.1 Å². The highest BCUT2D eigenvalue weighted by Gasteiger charge is 2.25. The zero-order valence-corrected chi connectivity index (χ0v) is 15.0. The number of likely N-dealkylation sites (tertiary alicyclic amines) is 1. The van der Waals surface area contributed by atoms with Crippen molar-refractivity contribution in [2.24, 2.45) is 11.7 Å². The molecule has 2 atom stereocenters. The van der Waals surface area contributed by atoms with Crippen molar-refractivity contribution in [3.63, 3.8) is 0 Å². The SMILES string of the molecule is CC1CN(CCC2CCN(C(=O)CNC(=O)CN)CC2)CC(C)O1. The van der Waals surface area contributed by atoms with Gasteiger partial charge in [-0.15, -0.1) is 0 Å². The average molecular weight is 340 g/mol. The third kappa shape index (κ3) is 6.03. The molecule has 2 aliphatic rings. The molecule has 0 aromatic heterocycles. The van der Waals surface area contributed by atoms with Crippen molar-refractivity contribution >= 4 is 11.8 Å². The number of piperidine rings is 1. The number of nitrogens with two attached hydrogens (primary N) is 1. The van der Waals surface area contributed by atoms with E-state index in [1.54, 1.807) is 0 Å². The molecule has 0 aromatic rings. The number of carbonyl (C=O) groups excluding carboxylic acids is 2. The third-order valence-electron chi connectivity index (χ3n) is 4.94. The lowest BCUT2D eigenvalue weighted by Crippen LogP contribution is -2.47. The largest absolute Gasteiger partial charge is 0.373 e. The van der Waals surface area contributed by atoms with Gasteiger partial charge in [0.25, 0.3) is 0 Å². The Kier molecular flexibility index (Phi) is 7.45. The van der Waals surface area contributed by atoms with Crippen molar-refractivity contribution in [1.29, 1.82) is 0 Å². The van der Waals surface area contributed by atoms with Crippen molar-refractivity contribution in [2.45, 2.75) is 45.3 Å². The van der Waals surface area contributed by atoms with Crippen LogP contribution in [0.15, 0.2) is 0 Å². The molecule has 2 unspecified atom stereocenters. The highest BCUT2D eigenvalue weighted by Crippen LogP contribution is 2.22. The molecule has 2 saturated heterocycles. The first kappa shape index (κ1) is 19.1. The summed E-state index contributed by atoms with van der Waals surface area (Å²) in [6, 6.07) is 0. The van der Waals surface area contributed by atoms with Gasteiger partial charge < -0.3 is 20.7 Å². The fourth-order valence-electron chi connectivity index (χ4n) is 3.66. The number of carbonyl (C=O) groups is 2. The van der Waals surface area contributed by atoms with Gasteiger partial charge in [0.05, 0.1) is 25.3 Å². The molecule has 0 saturated carbocycles. The molecule has 7 nitrogen and oxygen atoms in total. The van der Waals surface area contributed by atoms with E-state index in [9.17, 15) is 9.59 Å². The van der Waals surface area contributed by atoms with Crippen LogP contribution in [-0.4, -0.2) is 79.6 Å². The Bertz CT molecular complexity index is 414. The summed E-state index contributed by atoms with van der Waals surface area (Å²) < 4.78 is 5.77. The summed E-state index contributed by atoms with van der Waals surface area (Å²) in [5.41, 5.74) is 5.22. The summed E-state index contributed by atoms with van der Waals surface area (Å²) >= 11 is 0. The summed E-state index contributed by atoms with van der Waals surface area (Å²) in [6.45, 7) is 8.98. The van der Waals surface area contributed by atoms with Crippen molar-refractivity contribution in [3.8, 4) is 0 Å². The molecule has 2 heterocycles. The number of nitrogens with zero attached hydrogens (tertiary/aromatic N) is 2. The van der Waals surface area contributed by atoms with Gasteiger partial charge in [-0.1, -0.05) is 0 Å². The smallest absolute Gasteiger partial charge is 0.241 e. The first-order valence-corrected chi connectivity index (χ1v) is 9.10. The molecule has 2 fully saturated rings. The Balaban J connectivity index is 1.64. The second-order valence-electron chi connectivity index (χ2n) is 7.11. The fraction of sp³-hybridized carbons (Fsp3) is 0.882. The van der Waals surface area contributed by atoms with E-state index in [0.29, 0.717) is 18.1 Å². The maximum Gasteiger partial charge on any atom is 0.241 e. The molecule has 0 spiro atoms. The highest BCUT2D eigenvalue weighted by atomic mass is 16.5. The lowest BCUT2D eigenvalue weighted by molar-refractivity contribution is -0.133. The summed E-state index contributed by atoms with van der Waals surface area (Å²) in [7, 11) is 0. The standard InChI is InChI=1S/C17H32N4O3/c1-13-11-20(12-14(2)24-13)6-3-15-4-7-21(8-5-15)17(23)10-19-16(22)9-18/h13-15H,3-12,18H2,1-2H3,(H,19,22). The van der Waals surface area contributed by atoms with E-state index in [1.807, 2.05) is 4.90 Å². The third-order valence-corrected chi connectivity index (χ3v) is 4.94. The zero-order valence-electron chi connectivity index (χ0n) is 15.0. The van der Waals surface area contributed by atoms with Crippen LogP contribution in [0.25, 0.3) is 0 Å². The van der Waals surface area contributed by atoms with Crippen LogP contribution in [0, 0.1) is 5.92 Å². The Labute approximate surface area is 144 Å². The van der Waals surface area contributed by atoms with E-state index in [-0.39, 0.29) is 24.9 Å². The average Bonchev–Trinajstić information content (AvgIpc) is 2.57. The summed E-state index contributed by atoms with van der Waals surface area (Å²) in [5.74, 6) is 0.388. The van der Waals surface area contributed by atoms with Crippen molar-refractivity contribution in [2.75, 3.05) is 45.8 Å². The van der Waals surface area contributed by atoms with Gasteiger partial charge in [0.15, 0.2) is 0 Å². The molecule has 7 heteroatoms. The zero-order chi connectivity index (χ0) is 17.5. The van der Waals surface area contributed by atoms with E-state index in [1.165, 1.54) is 6.42 Å². The molecular weight excluding hydrogens is 308 g/mol. The Morgan fingerprint density at radius 2 is 1.79 bits per heavy atom. The molecule has 24 heavy (non-hydrogen) atoms. The number of rotatable bonds is 6. The highest BCUT2D eigenvalue weighted by molar-refractivity contribution is 5.85. The monoisotopic (exact) mass is 340 g/mol. The molecule has 0 aromatic carbocycles. The van der Waals surface area contributed by atoms with Crippen LogP contribution in [0.4, 0.5) is 0 Å². The quantitative estimate of drug-likeness (QED) is 0.699. The van der Waals surface area contributed by atoms with E-state index >= 15 is 0 Å². The van der Waals surface area contributed by atoms with Crippen molar-refractivity contribution < 1.29 is 14.3 Å². The molecule has 138 valence electrons. The fourth-order valence-corrected chi connectivity index (χ4v) is 3.66. The van der Waals surface area contributed by atoms with E-state index in [0.717, 1.165) is 45.6 Å². The van der Waals surface area contributed by atoms with Gasteiger partial charge in [0.1, 0.15) is 0 Å². The first-order chi connectivity index (χ1) is 11.5. The van der Waals surface area contributed by atoms with Crippen LogP contribution >= 0.6 is 0 Å². The van der Waals surface area contributed by atoms with Crippen LogP contribution in [-0.2, 0) is 14.3 Å². The number of hydrogen-bond acceptors (Lipinski definition) is 5.